The molecule has 0 saturated heterocycles. The molecule has 1 aromatic rings. The van der Waals surface area contributed by atoms with Crippen LogP contribution in [0.4, 0.5) is 0 Å². The summed E-state index contributed by atoms with van der Waals surface area (Å²) in [6, 6.07) is 0. The fourth-order valence-electron chi connectivity index (χ4n) is 3.22. The molecule has 0 aliphatic heterocycles. The summed E-state index contributed by atoms with van der Waals surface area (Å²) in [7, 11) is 0. The van der Waals surface area contributed by atoms with E-state index in [1.807, 2.05) is 4.68 Å². The molecular formula is C14H23ClN2O. The maximum absolute atomic E-state index is 10.8. The van der Waals surface area contributed by atoms with E-state index in [9.17, 15) is 5.11 Å². The van der Waals surface area contributed by atoms with Gasteiger partial charge < -0.3 is 5.11 Å². The summed E-state index contributed by atoms with van der Waals surface area (Å²) >= 11 is 6.23. The molecule has 1 saturated carbocycles. The number of hydrogen-bond donors (Lipinski definition) is 1. The average molecular weight is 271 g/mol. The van der Waals surface area contributed by atoms with Crippen molar-refractivity contribution >= 4 is 11.6 Å². The van der Waals surface area contributed by atoms with Crippen LogP contribution in [0, 0.1) is 5.41 Å². The Hall–Kier alpha value is -0.540. The molecule has 4 heteroatoms. The molecule has 2 rings (SSSR count). The zero-order chi connectivity index (χ0) is 13.2. The highest BCUT2D eigenvalue weighted by Crippen LogP contribution is 2.50. The molecule has 0 aromatic carbocycles. The van der Waals surface area contributed by atoms with Crippen molar-refractivity contribution in [2.24, 2.45) is 5.41 Å². The van der Waals surface area contributed by atoms with Crippen molar-refractivity contribution in [3.8, 4) is 0 Å². The van der Waals surface area contributed by atoms with E-state index in [0.717, 1.165) is 37.9 Å². The van der Waals surface area contributed by atoms with E-state index >= 15 is 0 Å². The molecule has 1 N–H and O–H groups in total. The maximum Gasteiger partial charge on any atom is 0.103 e. The average Bonchev–Trinajstić information content (AvgIpc) is 2.97. The summed E-state index contributed by atoms with van der Waals surface area (Å²) in [4.78, 5) is 0. The van der Waals surface area contributed by atoms with Gasteiger partial charge in [0.2, 0.25) is 0 Å². The topological polar surface area (TPSA) is 38.0 Å². The zero-order valence-electron chi connectivity index (χ0n) is 11.3. The van der Waals surface area contributed by atoms with E-state index in [1.165, 1.54) is 12.8 Å². The molecule has 0 radical (unpaired) electrons. The van der Waals surface area contributed by atoms with E-state index in [2.05, 4.69) is 18.9 Å². The standard InChI is InChI=1S/C14H23ClN2O/c1-3-9-17-12(11(15)10-16-17)13(18)14(4-2)7-5-6-8-14/h10,13,18H,3-9H2,1-2H3. The van der Waals surface area contributed by atoms with Gasteiger partial charge in [-0.25, -0.2) is 0 Å². The first-order chi connectivity index (χ1) is 8.64. The first-order valence-corrected chi connectivity index (χ1v) is 7.41. The number of rotatable bonds is 5. The zero-order valence-corrected chi connectivity index (χ0v) is 12.1. The lowest BCUT2D eigenvalue weighted by atomic mass is 9.76. The smallest absolute Gasteiger partial charge is 0.103 e. The van der Waals surface area contributed by atoms with Gasteiger partial charge in [-0.1, -0.05) is 38.3 Å². The minimum atomic E-state index is -0.480. The molecule has 1 unspecified atom stereocenters. The molecule has 1 atom stereocenters. The van der Waals surface area contributed by atoms with Crippen molar-refractivity contribution in [2.45, 2.75) is 65.0 Å². The van der Waals surface area contributed by atoms with Crippen LogP contribution in [0.25, 0.3) is 0 Å². The van der Waals surface area contributed by atoms with E-state index in [4.69, 9.17) is 11.6 Å². The third kappa shape index (κ3) is 2.30. The third-order valence-corrected chi connectivity index (χ3v) is 4.70. The summed E-state index contributed by atoms with van der Waals surface area (Å²) in [6.45, 7) is 5.10. The molecule has 1 aromatic heterocycles. The van der Waals surface area contributed by atoms with Crippen LogP contribution >= 0.6 is 11.6 Å². The van der Waals surface area contributed by atoms with Gasteiger partial charge in [0, 0.05) is 12.0 Å². The Morgan fingerprint density at radius 1 is 1.44 bits per heavy atom. The highest BCUT2D eigenvalue weighted by molar-refractivity contribution is 6.31. The first kappa shape index (κ1) is 13.9. The molecule has 1 aliphatic rings. The van der Waals surface area contributed by atoms with Crippen molar-refractivity contribution in [1.82, 2.24) is 9.78 Å². The Labute approximate surface area is 114 Å². The van der Waals surface area contributed by atoms with E-state index < -0.39 is 6.10 Å². The van der Waals surface area contributed by atoms with Gasteiger partial charge in [-0.15, -0.1) is 0 Å². The van der Waals surface area contributed by atoms with Gasteiger partial charge in [0.1, 0.15) is 6.10 Å². The normalized spacial score (nSPS) is 20.2. The molecule has 1 fully saturated rings. The van der Waals surface area contributed by atoms with E-state index in [0.29, 0.717) is 5.02 Å². The van der Waals surface area contributed by atoms with Crippen LogP contribution < -0.4 is 0 Å². The van der Waals surface area contributed by atoms with Gasteiger partial charge in [0.25, 0.3) is 0 Å². The second-order valence-corrected chi connectivity index (χ2v) is 5.83. The number of aryl methyl sites for hydroxylation is 1. The lowest BCUT2D eigenvalue weighted by molar-refractivity contribution is 0.0170. The molecule has 0 amide bonds. The maximum atomic E-state index is 10.8. The van der Waals surface area contributed by atoms with Crippen LogP contribution in [0.5, 0.6) is 0 Å². The Kier molecular flexibility index (Phi) is 4.33. The number of nitrogens with zero attached hydrogens (tertiary/aromatic N) is 2. The van der Waals surface area contributed by atoms with E-state index in [-0.39, 0.29) is 5.41 Å². The number of aliphatic hydroxyl groups is 1. The molecule has 1 heterocycles. The van der Waals surface area contributed by atoms with Crippen molar-refractivity contribution in [3.63, 3.8) is 0 Å². The van der Waals surface area contributed by atoms with Crippen molar-refractivity contribution < 1.29 is 5.11 Å². The van der Waals surface area contributed by atoms with Gasteiger partial charge in [-0.3, -0.25) is 4.68 Å². The van der Waals surface area contributed by atoms with Gasteiger partial charge in [-0.05, 0) is 25.7 Å². The van der Waals surface area contributed by atoms with Crippen LogP contribution in [-0.4, -0.2) is 14.9 Å². The van der Waals surface area contributed by atoms with E-state index in [1.54, 1.807) is 6.20 Å². The predicted octanol–water partition coefficient (Wildman–Crippen LogP) is 3.95. The summed E-state index contributed by atoms with van der Waals surface area (Å²) in [5.74, 6) is 0. The quantitative estimate of drug-likeness (QED) is 0.880. The summed E-state index contributed by atoms with van der Waals surface area (Å²) in [5.41, 5.74) is 0.831. The van der Waals surface area contributed by atoms with Crippen molar-refractivity contribution in [2.75, 3.05) is 0 Å². The van der Waals surface area contributed by atoms with Crippen LogP contribution in [0.15, 0.2) is 6.20 Å². The second kappa shape index (κ2) is 5.62. The lowest BCUT2D eigenvalue weighted by Crippen LogP contribution is -2.27. The highest BCUT2D eigenvalue weighted by atomic mass is 35.5. The molecular weight excluding hydrogens is 248 g/mol. The third-order valence-electron chi connectivity index (χ3n) is 4.41. The monoisotopic (exact) mass is 270 g/mol. The molecule has 18 heavy (non-hydrogen) atoms. The molecule has 1 aliphatic carbocycles. The summed E-state index contributed by atoms with van der Waals surface area (Å²) in [6.07, 6.45) is 7.80. The van der Waals surface area contributed by atoms with Crippen LogP contribution in [0.2, 0.25) is 5.02 Å². The Morgan fingerprint density at radius 3 is 2.67 bits per heavy atom. The van der Waals surface area contributed by atoms with Gasteiger partial charge in [0.15, 0.2) is 0 Å². The summed E-state index contributed by atoms with van der Waals surface area (Å²) in [5, 5.41) is 15.7. The highest BCUT2D eigenvalue weighted by Gasteiger charge is 2.41. The number of aliphatic hydroxyl groups excluding tert-OH is 1. The van der Waals surface area contributed by atoms with Crippen molar-refractivity contribution in [1.29, 1.82) is 0 Å². The molecule has 102 valence electrons. The van der Waals surface area contributed by atoms with Crippen LogP contribution in [-0.2, 0) is 6.54 Å². The molecule has 0 bridgehead atoms. The minimum absolute atomic E-state index is 0.00909. The Bertz CT molecular complexity index is 396. The largest absolute Gasteiger partial charge is 0.386 e. The van der Waals surface area contributed by atoms with Gasteiger partial charge >= 0.3 is 0 Å². The number of aromatic nitrogens is 2. The van der Waals surface area contributed by atoms with Crippen LogP contribution in [0.3, 0.4) is 0 Å². The molecule has 3 nitrogen and oxygen atoms in total. The molecule has 0 spiro atoms. The predicted molar refractivity (Wildman–Crippen MR) is 73.7 cm³/mol. The summed E-state index contributed by atoms with van der Waals surface area (Å²) < 4.78 is 1.88. The lowest BCUT2D eigenvalue weighted by Gasteiger charge is -2.33. The second-order valence-electron chi connectivity index (χ2n) is 5.43. The Morgan fingerprint density at radius 2 is 2.11 bits per heavy atom. The fraction of sp³-hybridized carbons (Fsp3) is 0.786. The number of hydrogen-bond acceptors (Lipinski definition) is 2. The van der Waals surface area contributed by atoms with Crippen molar-refractivity contribution in [3.05, 3.63) is 16.9 Å². The SMILES string of the molecule is CCCn1ncc(Cl)c1C(O)C1(CC)CCCC1. The van der Waals surface area contributed by atoms with Gasteiger partial charge in [-0.2, -0.15) is 5.10 Å². The Balaban J connectivity index is 2.32. The first-order valence-electron chi connectivity index (χ1n) is 7.04. The van der Waals surface area contributed by atoms with Gasteiger partial charge in [0.05, 0.1) is 16.9 Å². The fourth-order valence-corrected chi connectivity index (χ4v) is 3.47. The number of halogens is 1. The van der Waals surface area contributed by atoms with Crippen LogP contribution in [0.1, 0.15) is 64.2 Å². The minimum Gasteiger partial charge on any atom is -0.386 e.